The van der Waals surface area contributed by atoms with Crippen molar-refractivity contribution < 1.29 is 9.84 Å². The Morgan fingerprint density at radius 1 is 1.38 bits per heavy atom. The van der Waals surface area contributed by atoms with Gasteiger partial charge in [-0.05, 0) is 43.9 Å². The fourth-order valence-electron chi connectivity index (χ4n) is 3.46. The van der Waals surface area contributed by atoms with Gasteiger partial charge in [0.2, 0.25) is 0 Å². The van der Waals surface area contributed by atoms with E-state index in [1.165, 1.54) is 12.8 Å². The molecule has 0 bridgehead atoms. The van der Waals surface area contributed by atoms with E-state index in [0.717, 1.165) is 44.1 Å². The van der Waals surface area contributed by atoms with Crippen molar-refractivity contribution in [1.29, 1.82) is 0 Å². The maximum Gasteiger partial charge on any atom is 0.142 e. The van der Waals surface area contributed by atoms with Crippen molar-refractivity contribution in [2.75, 3.05) is 37.7 Å². The molecule has 4 nitrogen and oxygen atoms in total. The van der Waals surface area contributed by atoms with Gasteiger partial charge in [0.25, 0.3) is 0 Å². The Bertz CT molecular complexity index is 476. The summed E-state index contributed by atoms with van der Waals surface area (Å²) in [5.74, 6) is 1.56. The molecular weight excluding hydrogens is 264 g/mol. The van der Waals surface area contributed by atoms with Gasteiger partial charge in [-0.3, -0.25) is 0 Å². The molecule has 4 heteroatoms. The molecule has 1 aliphatic heterocycles. The lowest BCUT2D eigenvalue weighted by molar-refractivity contribution is 0.145. The molecule has 2 N–H and O–H groups in total. The van der Waals surface area contributed by atoms with E-state index in [2.05, 4.69) is 29.3 Å². The average molecular weight is 290 g/mol. The van der Waals surface area contributed by atoms with E-state index in [0.29, 0.717) is 5.92 Å². The van der Waals surface area contributed by atoms with Crippen LogP contribution in [0.25, 0.3) is 0 Å². The second kappa shape index (κ2) is 6.24. The van der Waals surface area contributed by atoms with Crippen molar-refractivity contribution in [3.8, 4) is 5.75 Å². The summed E-state index contributed by atoms with van der Waals surface area (Å²) in [6.45, 7) is 5.81. The molecule has 1 atom stereocenters. The van der Waals surface area contributed by atoms with Crippen molar-refractivity contribution in [2.24, 2.45) is 5.92 Å². The molecular formula is C17H26N2O2. The Morgan fingerprint density at radius 2 is 2.19 bits per heavy atom. The van der Waals surface area contributed by atoms with Gasteiger partial charge in [0.15, 0.2) is 0 Å². The third-order valence-electron chi connectivity index (χ3n) is 4.68. The minimum atomic E-state index is -0.174. The summed E-state index contributed by atoms with van der Waals surface area (Å²) < 4.78 is 5.84. The zero-order chi connectivity index (χ0) is 14.7. The highest BCUT2D eigenvalue weighted by atomic mass is 16.5. The normalized spacial score (nSPS) is 21.1. The second-order valence-corrected chi connectivity index (χ2v) is 6.21. The number of nitrogens with zero attached hydrogens (tertiary/aromatic N) is 1. The minimum absolute atomic E-state index is 0.174. The van der Waals surface area contributed by atoms with Gasteiger partial charge in [0, 0.05) is 13.1 Å². The number of aliphatic hydroxyl groups excluding tert-OH is 1. The Morgan fingerprint density at radius 3 is 2.90 bits per heavy atom. The number of anilines is 1. The van der Waals surface area contributed by atoms with Crippen LogP contribution in [0.15, 0.2) is 24.3 Å². The lowest BCUT2D eigenvalue weighted by Gasteiger charge is -2.39. The second-order valence-electron chi connectivity index (χ2n) is 6.21. The lowest BCUT2D eigenvalue weighted by Crippen LogP contribution is -2.58. The molecule has 0 aromatic heterocycles. The van der Waals surface area contributed by atoms with Crippen LogP contribution in [0, 0.1) is 5.92 Å². The standard InChI is InChI=1S/C17H26N2O2/c1-2-18-17(13-20,14-8-9-14)12-19-10-5-11-21-16-7-4-3-6-15(16)19/h3-4,6-7,14,18,20H,2,5,8-13H2,1H3. The first-order chi connectivity index (χ1) is 10.3. The van der Waals surface area contributed by atoms with E-state index in [1.807, 2.05) is 12.1 Å². The van der Waals surface area contributed by atoms with E-state index >= 15 is 0 Å². The molecule has 1 fully saturated rings. The van der Waals surface area contributed by atoms with E-state index in [1.54, 1.807) is 0 Å². The number of rotatable bonds is 6. The first kappa shape index (κ1) is 14.7. The zero-order valence-corrected chi connectivity index (χ0v) is 12.8. The smallest absolute Gasteiger partial charge is 0.142 e. The van der Waals surface area contributed by atoms with Crippen LogP contribution in [0.5, 0.6) is 5.75 Å². The monoisotopic (exact) mass is 290 g/mol. The van der Waals surface area contributed by atoms with Gasteiger partial charge in [-0.2, -0.15) is 0 Å². The minimum Gasteiger partial charge on any atom is -0.491 e. The molecule has 1 saturated carbocycles. The molecule has 1 aromatic carbocycles. The van der Waals surface area contributed by atoms with E-state index in [-0.39, 0.29) is 12.1 Å². The summed E-state index contributed by atoms with van der Waals surface area (Å²) in [5.41, 5.74) is 0.984. The fourth-order valence-corrected chi connectivity index (χ4v) is 3.46. The molecule has 1 aromatic rings. The quantitative estimate of drug-likeness (QED) is 0.841. The number of benzene rings is 1. The van der Waals surface area contributed by atoms with Gasteiger partial charge >= 0.3 is 0 Å². The molecule has 0 radical (unpaired) electrons. The highest BCUT2D eigenvalue weighted by molar-refractivity contribution is 5.59. The molecule has 1 unspecified atom stereocenters. The Kier molecular flexibility index (Phi) is 4.36. The number of hydrogen-bond acceptors (Lipinski definition) is 4. The topological polar surface area (TPSA) is 44.7 Å². The van der Waals surface area contributed by atoms with Crippen LogP contribution in [0.4, 0.5) is 5.69 Å². The number of fused-ring (bicyclic) bond motifs is 1. The predicted molar refractivity (Wildman–Crippen MR) is 85.0 cm³/mol. The number of hydrogen-bond donors (Lipinski definition) is 2. The molecule has 2 aliphatic rings. The van der Waals surface area contributed by atoms with Gasteiger partial charge in [-0.15, -0.1) is 0 Å². The molecule has 1 aliphatic carbocycles. The average Bonchev–Trinajstić information content (AvgIpc) is 3.35. The summed E-state index contributed by atoms with van der Waals surface area (Å²) in [6.07, 6.45) is 3.46. The maximum absolute atomic E-state index is 10.0. The summed E-state index contributed by atoms with van der Waals surface area (Å²) in [7, 11) is 0. The number of para-hydroxylation sites is 2. The van der Waals surface area contributed by atoms with Crippen molar-refractivity contribution in [3.05, 3.63) is 24.3 Å². The van der Waals surface area contributed by atoms with Crippen molar-refractivity contribution in [2.45, 2.75) is 31.7 Å². The highest BCUT2D eigenvalue weighted by Crippen LogP contribution is 2.41. The van der Waals surface area contributed by atoms with Crippen LogP contribution >= 0.6 is 0 Å². The van der Waals surface area contributed by atoms with Gasteiger partial charge in [0.05, 0.1) is 24.4 Å². The predicted octanol–water partition coefficient (Wildman–Crippen LogP) is 2.03. The van der Waals surface area contributed by atoms with Crippen LogP contribution in [-0.2, 0) is 0 Å². The van der Waals surface area contributed by atoms with Crippen LogP contribution in [0.3, 0.4) is 0 Å². The Balaban J connectivity index is 1.85. The number of ether oxygens (including phenoxy) is 1. The van der Waals surface area contributed by atoms with Crippen molar-refractivity contribution >= 4 is 5.69 Å². The number of aliphatic hydroxyl groups is 1. The van der Waals surface area contributed by atoms with Gasteiger partial charge in [-0.25, -0.2) is 0 Å². The molecule has 0 amide bonds. The largest absolute Gasteiger partial charge is 0.491 e. The number of likely N-dealkylation sites (N-methyl/N-ethyl adjacent to an activating group) is 1. The van der Waals surface area contributed by atoms with Crippen LogP contribution in [0.2, 0.25) is 0 Å². The van der Waals surface area contributed by atoms with Gasteiger partial charge in [0.1, 0.15) is 5.75 Å². The maximum atomic E-state index is 10.0. The van der Waals surface area contributed by atoms with E-state index in [4.69, 9.17) is 4.74 Å². The summed E-state index contributed by atoms with van der Waals surface area (Å²) in [6, 6.07) is 8.25. The molecule has 116 valence electrons. The molecule has 3 rings (SSSR count). The molecule has 21 heavy (non-hydrogen) atoms. The van der Waals surface area contributed by atoms with Crippen LogP contribution in [-0.4, -0.2) is 43.5 Å². The van der Waals surface area contributed by atoms with E-state index < -0.39 is 0 Å². The summed E-state index contributed by atoms with van der Waals surface area (Å²) >= 11 is 0. The van der Waals surface area contributed by atoms with E-state index in [9.17, 15) is 5.11 Å². The first-order valence-electron chi connectivity index (χ1n) is 8.12. The molecule has 1 heterocycles. The Hall–Kier alpha value is -1.26. The SMILES string of the molecule is CCNC(CO)(CN1CCCOc2ccccc21)C1CC1. The molecule has 0 spiro atoms. The highest BCUT2D eigenvalue weighted by Gasteiger charge is 2.45. The molecule has 0 saturated heterocycles. The van der Waals surface area contributed by atoms with Crippen LogP contribution < -0.4 is 15.0 Å². The lowest BCUT2D eigenvalue weighted by atomic mass is 9.92. The zero-order valence-electron chi connectivity index (χ0n) is 12.8. The van der Waals surface area contributed by atoms with Crippen LogP contribution in [0.1, 0.15) is 26.2 Å². The number of nitrogens with one attached hydrogen (secondary N) is 1. The Labute approximate surface area is 127 Å². The third-order valence-corrected chi connectivity index (χ3v) is 4.68. The first-order valence-corrected chi connectivity index (χ1v) is 8.12. The van der Waals surface area contributed by atoms with Crippen molar-refractivity contribution in [3.63, 3.8) is 0 Å². The third kappa shape index (κ3) is 3.01. The fraction of sp³-hybridized carbons (Fsp3) is 0.647. The van der Waals surface area contributed by atoms with Crippen molar-refractivity contribution in [1.82, 2.24) is 5.32 Å². The summed E-state index contributed by atoms with van der Waals surface area (Å²) in [4.78, 5) is 2.39. The van der Waals surface area contributed by atoms with Gasteiger partial charge in [-0.1, -0.05) is 19.1 Å². The summed E-state index contributed by atoms with van der Waals surface area (Å²) in [5, 5.41) is 13.6. The van der Waals surface area contributed by atoms with Gasteiger partial charge < -0.3 is 20.1 Å².